The number of hydrogen-bond donors (Lipinski definition) is 2. The molecule has 8 heteroatoms. The van der Waals surface area contributed by atoms with E-state index in [4.69, 9.17) is 17.0 Å². The number of fused-ring (bicyclic) bond motifs is 1. The van der Waals surface area contributed by atoms with Gasteiger partial charge >= 0.3 is 0 Å². The minimum Gasteiger partial charge on any atom is -0.372 e. The first-order valence-electron chi connectivity index (χ1n) is 9.40. The van der Waals surface area contributed by atoms with Crippen molar-refractivity contribution >= 4 is 18.0 Å². The second kappa shape index (κ2) is 7.53. The first kappa shape index (κ1) is 18.3. The fourth-order valence-corrected chi connectivity index (χ4v) is 4.18. The predicted molar refractivity (Wildman–Crippen MR) is 107 cm³/mol. The molecule has 2 N–H and O–H groups in total. The summed E-state index contributed by atoms with van der Waals surface area (Å²) in [6.45, 7) is 8.21. The zero-order valence-corrected chi connectivity index (χ0v) is 16.5. The second-order valence-electron chi connectivity index (χ2n) is 7.51. The van der Waals surface area contributed by atoms with Gasteiger partial charge in [-0.1, -0.05) is 6.07 Å². The first-order valence-corrected chi connectivity index (χ1v) is 9.81. The Morgan fingerprint density at radius 3 is 2.74 bits per heavy atom. The van der Waals surface area contributed by atoms with Crippen LogP contribution in [0.25, 0.3) is 0 Å². The fraction of sp³-hybridized carbons (Fsp3) is 0.526. The van der Waals surface area contributed by atoms with Crippen LogP contribution in [0.1, 0.15) is 30.7 Å². The van der Waals surface area contributed by atoms with E-state index in [0.29, 0.717) is 11.3 Å². The average Bonchev–Trinajstić information content (AvgIpc) is 2.62. The summed E-state index contributed by atoms with van der Waals surface area (Å²) in [5, 5.41) is 0. The number of nitrogens with one attached hydrogen (secondary N) is 2. The molecule has 2 unspecified atom stereocenters. The normalized spacial score (nSPS) is 23.3. The molecule has 2 aromatic rings. The van der Waals surface area contributed by atoms with E-state index in [-0.39, 0.29) is 17.8 Å². The number of morpholine rings is 1. The molecule has 1 saturated heterocycles. The molecular weight excluding hydrogens is 362 g/mol. The van der Waals surface area contributed by atoms with Crippen LogP contribution in [0, 0.1) is 4.77 Å². The lowest BCUT2D eigenvalue weighted by molar-refractivity contribution is -0.00546. The third kappa shape index (κ3) is 4.12. The summed E-state index contributed by atoms with van der Waals surface area (Å²) in [7, 11) is 0. The summed E-state index contributed by atoms with van der Waals surface area (Å²) in [5.74, 6) is 0.994. The monoisotopic (exact) mass is 387 g/mol. The van der Waals surface area contributed by atoms with Gasteiger partial charge in [-0.3, -0.25) is 14.7 Å². The molecule has 0 radical (unpaired) electrons. The first-order chi connectivity index (χ1) is 13.0. The van der Waals surface area contributed by atoms with Gasteiger partial charge in [-0.2, -0.15) is 0 Å². The quantitative estimate of drug-likeness (QED) is 0.785. The van der Waals surface area contributed by atoms with Crippen LogP contribution in [0.2, 0.25) is 0 Å². The number of H-pyrrole nitrogens is 2. The van der Waals surface area contributed by atoms with Crippen molar-refractivity contribution in [2.75, 3.05) is 24.5 Å². The maximum absolute atomic E-state index is 12.2. The molecule has 27 heavy (non-hydrogen) atoms. The zero-order chi connectivity index (χ0) is 19.0. The van der Waals surface area contributed by atoms with E-state index in [2.05, 4.69) is 50.7 Å². The van der Waals surface area contributed by atoms with E-state index in [0.717, 1.165) is 55.2 Å². The summed E-state index contributed by atoms with van der Waals surface area (Å²) >= 11 is 5.06. The van der Waals surface area contributed by atoms with Gasteiger partial charge in [0.2, 0.25) is 0 Å². The fourth-order valence-electron chi connectivity index (χ4n) is 3.97. The Morgan fingerprint density at radius 1 is 1.26 bits per heavy atom. The Labute approximate surface area is 163 Å². The van der Waals surface area contributed by atoms with E-state index >= 15 is 0 Å². The molecule has 4 heterocycles. The molecule has 7 nitrogen and oxygen atoms in total. The summed E-state index contributed by atoms with van der Waals surface area (Å²) in [6.07, 6.45) is 3.18. The van der Waals surface area contributed by atoms with Crippen LogP contribution in [0.5, 0.6) is 0 Å². The highest BCUT2D eigenvalue weighted by atomic mass is 32.1. The summed E-state index contributed by atoms with van der Waals surface area (Å²) < 4.78 is 6.20. The van der Waals surface area contributed by atoms with Crippen molar-refractivity contribution in [3.63, 3.8) is 0 Å². The molecule has 2 aliphatic rings. The molecule has 0 bridgehead atoms. The molecule has 1 fully saturated rings. The lowest BCUT2D eigenvalue weighted by atomic mass is 10.1. The standard InChI is InChI=1S/C19H25N5O2S/c1-12-8-24(9-13(2)26-12)17-4-3-14(7-20-17)10-23-6-5-16-15(11-23)18(25)22-19(27)21-16/h3-4,7,12-13H,5-6,8-11H2,1-2H3,(H2,21,22,25,27). The number of rotatable bonds is 3. The van der Waals surface area contributed by atoms with Gasteiger partial charge in [0.25, 0.3) is 5.56 Å². The van der Waals surface area contributed by atoms with Gasteiger partial charge in [-0.05, 0) is 37.7 Å². The van der Waals surface area contributed by atoms with Gasteiger partial charge < -0.3 is 14.6 Å². The topological polar surface area (TPSA) is 77.3 Å². The molecule has 0 aliphatic carbocycles. The highest BCUT2D eigenvalue weighted by Gasteiger charge is 2.23. The van der Waals surface area contributed by atoms with Crippen molar-refractivity contribution in [3.8, 4) is 0 Å². The van der Waals surface area contributed by atoms with E-state index in [1.54, 1.807) is 0 Å². The Balaban J connectivity index is 1.43. The molecule has 2 atom stereocenters. The van der Waals surface area contributed by atoms with Gasteiger partial charge in [0, 0.05) is 51.0 Å². The molecule has 4 rings (SSSR count). The third-order valence-corrected chi connectivity index (χ3v) is 5.35. The number of anilines is 1. The molecule has 2 aliphatic heterocycles. The van der Waals surface area contributed by atoms with Gasteiger partial charge in [0.1, 0.15) is 5.82 Å². The Bertz CT molecular complexity index is 913. The maximum Gasteiger partial charge on any atom is 0.256 e. The number of pyridine rings is 1. The summed E-state index contributed by atoms with van der Waals surface area (Å²) in [5.41, 5.74) is 2.82. The Hall–Kier alpha value is -2.03. The second-order valence-corrected chi connectivity index (χ2v) is 7.92. The van der Waals surface area contributed by atoms with E-state index < -0.39 is 0 Å². The van der Waals surface area contributed by atoms with Crippen molar-refractivity contribution in [1.29, 1.82) is 0 Å². The number of nitrogens with zero attached hydrogens (tertiary/aromatic N) is 3. The zero-order valence-electron chi connectivity index (χ0n) is 15.7. The number of ether oxygens (including phenoxy) is 1. The summed E-state index contributed by atoms with van der Waals surface area (Å²) in [6, 6.07) is 4.22. The van der Waals surface area contributed by atoms with Crippen LogP contribution < -0.4 is 10.5 Å². The van der Waals surface area contributed by atoms with Gasteiger partial charge in [-0.15, -0.1) is 0 Å². The van der Waals surface area contributed by atoms with Crippen molar-refractivity contribution in [2.24, 2.45) is 0 Å². The van der Waals surface area contributed by atoms with Crippen LogP contribution in [-0.2, 0) is 24.2 Å². The number of aromatic nitrogens is 3. The highest BCUT2D eigenvalue weighted by molar-refractivity contribution is 7.71. The highest BCUT2D eigenvalue weighted by Crippen LogP contribution is 2.20. The minimum absolute atomic E-state index is 0.0810. The molecule has 0 saturated carbocycles. The molecule has 2 aromatic heterocycles. The smallest absolute Gasteiger partial charge is 0.256 e. The molecule has 0 spiro atoms. The van der Waals surface area contributed by atoms with Crippen LogP contribution >= 0.6 is 12.2 Å². The average molecular weight is 388 g/mol. The Morgan fingerprint density at radius 2 is 2.04 bits per heavy atom. The van der Waals surface area contributed by atoms with Gasteiger partial charge in [-0.25, -0.2) is 4.98 Å². The lowest BCUT2D eigenvalue weighted by Gasteiger charge is -2.36. The van der Waals surface area contributed by atoms with Gasteiger partial charge in [0.15, 0.2) is 4.77 Å². The molecule has 0 aromatic carbocycles. The SMILES string of the molecule is CC1CN(c2ccc(CN3CCc4[nH]c(=S)[nH]c(=O)c4C3)cn2)CC(C)O1. The maximum atomic E-state index is 12.2. The molecule has 144 valence electrons. The van der Waals surface area contributed by atoms with E-state index in [1.165, 1.54) is 0 Å². The number of hydrogen-bond acceptors (Lipinski definition) is 6. The van der Waals surface area contributed by atoms with Crippen LogP contribution in [0.3, 0.4) is 0 Å². The third-order valence-electron chi connectivity index (χ3n) is 5.15. The van der Waals surface area contributed by atoms with Crippen LogP contribution in [-0.4, -0.2) is 51.7 Å². The van der Waals surface area contributed by atoms with Crippen LogP contribution in [0.15, 0.2) is 23.1 Å². The lowest BCUT2D eigenvalue weighted by Crippen LogP contribution is -2.45. The molecule has 0 amide bonds. The largest absolute Gasteiger partial charge is 0.372 e. The van der Waals surface area contributed by atoms with Gasteiger partial charge in [0.05, 0.1) is 17.8 Å². The van der Waals surface area contributed by atoms with E-state index in [9.17, 15) is 4.79 Å². The van der Waals surface area contributed by atoms with Crippen molar-refractivity contribution < 1.29 is 4.74 Å². The number of aromatic amines is 2. The van der Waals surface area contributed by atoms with Crippen molar-refractivity contribution in [2.45, 2.75) is 45.6 Å². The van der Waals surface area contributed by atoms with E-state index in [1.807, 2.05) is 6.20 Å². The predicted octanol–water partition coefficient (Wildman–Crippen LogP) is 2.00. The molecular formula is C19H25N5O2S. The van der Waals surface area contributed by atoms with Crippen LogP contribution in [0.4, 0.5) is 5.82 Å². The summed E-state index contributed by atoms with van der Waals surface area (Å²) in [4.78, 5) is 27.2. The Kier molecular flexibility index (Phi) is 5.12. The van der Waals surface area contributed by atoms with Crippen molar-refractivity contribution in [3.05, 3.63) is 50.3 Å². The van der Waals surface area contributed by atoms with Crippen molar-refractivity contribution in [1.82, 2.24) is 19.9 Å². The minimum atomic E-state index is -0.0810.